The Morgan fingerprint density at radius 1 is 1.03 bits per heavy atom. The number of hydrogen-bond donors (Lipinski definition) is 1. The molecule has 0 fully saturated rings. The van der Waals surface area contributed by atoms with E-state index in [0.717, 1.165) is 0 Å². The van der Waals surface area contributed by atoms with E-state index in [-0.39, 0.29) is 24.2 Å². The molecule has 0 bridgehead atoms. The molecule has 1 aromatic heterocycles. The third-order valence-corrected chi connectivity index (χ3v) is 4.38. The summed E-state index contributed by atoms with van der Waals surface area (Å²) in [6, 6.07) is 19.5. The van der Waals surface area contributed by atoms with Crippen LogP contribution in [0.1, 0.15) is 0 Å². The zero-order valence-corrected chi connectivity index (χ0v) is 16.3. The van der Waals surface area contributed by atoms with Crippen LogP contribution >= 0.6 is 11.6 Å². The van der Waals surface area contributed by atoms with Gasteiger partial charge in [0, 0.05) is 16.3 Å². The molecule has 0 spiro atoms. The Kier molecular flexibility index (Phi) is 5.72. The van der Waals surface area contributed by atoms with Gasteiger partial charge >= 0.3 is 0 Å². The van der Waals surface area contributed by atoms with Gasteiger partial charge in [0.25, 0.3) is 11.8 Å². The molecule has 6 nitrogen and oxygen atoms in total. The van der Waals surface area contributed by atoms with E-state index in [2.05, 4.69) is 15.5 Å². The van der Waals surface area contributed by atoms with Crippen molar-refractivity contribution >= 4 is 23.2 Å². The van der Waals surface area contributed by atoms with Crippen molar-refractivity contribution < 1.29 is 18.4 Å². The van der Waals surface area contributed by atoms with Crippen LogP contribution in [0.2, 0.25) is 5.02 Å². The van der Waals surface area contributed by atoms with Crippen LogP contribution in [0, 0.1) is 5.82 Å². The Morgan fingerprint density at radius 2 is 1.77 bits per heavy atom. The fourth-order valence-corrected chi connectivity index (χ4v) is 2.82. The summed E-state index contributed by atoms with van der Waals surface area (Å²) in [7, 11) is 0. The first-order valence-corrected chi connectivity index (χ1v) is 9.33. The minimum absolute atomic E-state index is 0.206. The second-order valence-electron chi connectivity index (χ2n) is 6.27. The molecule has 0 radical (unpaired) electrons. The number of amides is 1. The fourth-order valence-electron chi connectivity index (χ4n) is 2.69. The molecule has 8 heteroatoms. The summed E-state index contributed by atoms with van der Waals surface area (Å²) >= 11 is 5.84. The van der Waals surface area contributed by atoms with Gasteiger partial charge in [0.2, 0.25) is 5.82 Å². The maximum atomic E-state index is 13.1. The number of aromatic nitrogens is 2. The van der Waals surface area contributed by atoms with Gasteiger partial charge in [0.15, 0.2) is 6.61 Å². The fraction of sp³-hybridized carbons (Fsp3) is 0.0455. The summed E-state index contributed by atoms with van der Waals surface area (Å²) in [6.07, 6.45) is 0. The normalized spacial score (nSPS) is 10.6. The van der Waals surface area contributed by atoms with Crippen molar-refractivity contribution in [3.8, 4) is 28.6 Å². The first kappa shape index (κ1) is 19.6. The van der Waals surface area contributed by atoms with Crippen LogP contribution in [-0.2, 0) is 4.79 Å². The number of carbonyl (C=O) groups excluding carboxylic acids is 1. The quantitative estimate of drug-likeness (QED) is 0.460. The van der Waals surface area contributed by atoms with E-state index in [1.165, 1.54) is 12.1 Å². The zero-order chi connectivity index (χ0) is 20.9. The molecule has 0 saturated heterocycles. The van der Waals surface area contributed by atoms with Gasteiger partial charge in [0.05, 0.1) is 5.56 Å². The highest BCUT2D eigenvalue weighted by atomic mass is 35.5. The minimum atomic E-state index is -0.353. The number of ether oxygens (including phenoxy) is 1. The van der Waals surface area contributed by atoms with Crippen molar-refractivity contribution in [1.29, 1.82) is 0 Å². The van der Waals surface area contributed by atoms with Crippen LogP contribution in [-0.4, -0.2) is 22.7 Å². The Bertz CT molecular complexity index is 1160. The molecule has 4 aromatic rings. The lowest BCUT2D eigenvalue weighted by atomic mass is 10.2. The smallest absolute Gasteiger partial charge is 0.262 e. The van der Waals surface area contributed by atoms with Crippen molar-refractivity contribution in [3.63, 3.8) is 0 Å². The number of nitrogens with zero attached hydrogens (tertiary/aromatic N) is 2. The number of anilines is 1. The largest absolute Gasteiger partial charge is 0.483 e. The lowest BCUT2D eigenvalue weighted by Gasteiger charge is -2.10. The van der Waals surface area contributed by atoms with E-state index in [1.807, 2.05) is 0 Å². The molecule has 1 N–H and O–H groups in total. The lowest BCUT2D eigenvalue weighted by Crippen LogP contribution is -2.20. The monoisotopic (exact) mass is 423 g/mol. The Hall–Kier alpha value is -3.71. The first-order chi connectivity index (χ1) is 14.6. The third-order valence-electron chi connectivity index (χ3n) is 4.13. The highest BCUT2D eigenvalue weighted by molar-refractivity contribution is 6.30. The number of para-hydroxylation sites is 1. The zero-order valence-electron chi connectivity index (χ0n) is 15.5. The number of benzene rings is 3. The van der Waals surface area contributed by atoms with Crippen LogP contribution in [0.15, 0.2) is 77.3 Å². The van der Waals surface area contributed by atoms with Gasteiger partial charge in [-0.3, -0.25) is 4.79 Å². The predicted octanol–water partition coefficient (Wildman–Crippen LogP) is 5.21. The molecule has 30 heavy (non-hydrogen) atoms. The van der Waals surface area contributed by atoms with Gasteiger partial charge in [-0.05, 0) is 60.7 Å². The summed E-state index contributed by atoms with van der Waals surface area (Å²) < 4.78 is 24.1. The second kappa shape index (κ2) is 8.75. The summed E-state index contributed by atoms with van der Waals surface area (Å²) in [6.45, 7) is -0.206. The molecule has 1 heterocycles. The molecule has 0 aliphatic carbocycles. The van der Waals surface area contributed by atoms with Crippen molar-refractivity contribution in [2.24, 2.45) is 0 Å². The number of nitrogens with one attached hydrogen (secondary N) is 1. The molecular formula is C22H15ClFN3O3. The summed E-state index contributed by atoms with van der Waals surface area (Å²) in [4.78, 5) is 16.5. The second-order valence-corrected chi connectivity index (χ2v) is 6.71. The number of rotatable bonds is 6. The van der Waals surface area contributed by atoms with E-state index in [4.69, 9.17) is 20.9 Å². The van der Waals surface area contributed by atoms with Gasteiger partial charge in [-0.1, -0.05) is 28.9 Å². The molecule has 1 amide bonds. The van der Waals surface area contributed by atoms with E-state index in [9.17, 15) is 9.18 Å². The summed E-state index contributed by atoms with van der Waals surface area (Å²) in [5.74, 6) is 0.292. The highest BCUT2D eigenvalue weighted by Gasteiger charge is 2.15. The van der Waals surface area contributed by atoms with Crippen LogP contribution < -0.4 is 10.1 Å². The van der Waals surface area contributed by atoms with Crippen LogP contribution in [0.5, 0.6) is 5.75 Å². The maximum Gasteiger partial charge on any atom is 0.262 e. The lowest BCUT2D eigenvalue weighted by molar-refractivity contribution is -0.118. The van der Waals surface area contributed by atoms with Crippen LogP contribution in [0.25, 0.3) is 22.8 Å². The standard InChI is InChI=1S/C22H15ClFN3O3/c23-15-7-11-17(12-8-15)25-20(28)13-29-19-4-2-1-3-18(19)21-26-22(30-27-21)14-5-9-16(24)10-6-14/h1-12H,13H2,(H,25,28). The van der Waals surface area contributed by atoms with Crippen LogP contribution in [0.3, 0.4) is 0 Å². The van der Waals surface area contributed by atoms with Crippen molar-refractivity contribution in [3.05, 3.63) is 83.6 Å². The summed E-state index contributed by atoms with van der Waals surface area (Å²) in [5, 5.41) is 7.28. The molecule has 0 unspecified atom stereocenters. The summed E-state index contributed by atoms with van der Waals surface area (Å²) in [5.41, 5.74) is 1.77. The molecule has 0 saturated carbocycles. The Morgan fingerprint density at radius 3 is 2.53 bits per heavy atom. The first-order valence-electron chi connectivity index (χ1n) is 8.96. The molecule has 0 aliphatic heterocycles. The average Bonchev–Trinajstić information content (AvgIpc) is 3.25. The van der Waals surface area contributed by atoms with Crippen LogP contribution in [0.4, 0.5) is 10.1 Å². The Balaban J connectivity index is 1.47. The number of hydrogen-bond acceptors (Lipinski definition) is 5. The van der Waals surface area contributed by atoms with Gasteiger partial charge in [-0.2, -0.15) is 4.98 Å². The van der Waals surface area contributed by atoms with Gasteiger partial charge in [-0.25, -0.2) is 4.39 Å². The number of carbonyl (C=O) groups is 1. The van der Waals surface area contributed by atoms with Crippen molar-refractivity contribution in [1.82, 2.24) is 10.1 Å². The van der Waals surface area contributed by atoms with E-state index >= 15 is 0 Å². The molecule has 4 rings (SSSR count). The molecule has 0 atom stereocenters. The third kappa shape index (κ3) is 4.64. The molecule has 0 aliphatic rings. The topological polar surface area (TPSA) is 77.2 Å². The average molecular weight is 424 g/mol. The minimum Gasteiger partial charge on any atom is -0.483 e. The maximum absolute atomic E-state index is 13.1. The van der Waals surface area contributed by atoms with E-state index < -0.39 is 0 Å². The highest BCUT2D eigenvalue weighted by Crippen LogP contribution is 2.29. The van der Waals surface area contributed by atoms with E-state index in [1.54, 1.807) is 60.7 Å². The molecule has 150 valence electrons. The number of halogens is 2. The van der Waals surface area contributed by atoms with Gasteiger partial charge < -0.3 is 14.6 Å². The van der Waals surface area contributed by atoms with Crippen molar-refractivity contribution in [2.45, 2.75) is 0 Å². The van der Waals surface area contributed by atoms with Crippen molar-refractivity contribution in [2.75, 3.05) is 11.9 Å². The molecular weight excluding hydrogens is 409 g/mol. The van der Waals surface area contributed by atoms with E-state index in [0.29, 0.717) is 33.4 Å². The predicted molar refractivity (Wildman–Crippen MR) is 111 cm³/mol. The Labute approximate surface area is 176 Å². The van der Waals surface area contributed by atoms with Gasteiger partial charge in [0.1, 0.15) is 11.6 Å². The SMILES string of the molecule is O=C(COc1ccccc1-c1noc(-c2ccc(F)cc2)n1)Nc1ccc(Cl)cc1. The van der Waals surface area contributed by atoms with Gasteiger partial charge in [-0.15, -0.1) is 0 Å². The molecule has 3 aromatic carbocycles.